The molecule has 0 aromatic heterocycles. The highest BCUT2D eigenvalue weighted by molar-refractivity contribution is 9.10. The third kappa shape index (κ3) is 5.04. The third-order valence-corrected chi connectivity index (χ3v) is 3.25. The molecule has 2 rings (SSSR count). The van der Waals surface area contributed by atoms with Crippen molar-refractivity contribution >= 4 is 28.1 Å². The third-order valence-electron chi connectivity index (χ3n) is 2.63. The van der Waals surface area contributed by atoms with Crippen molar-refractivity contribution in [2.75, 3.05) is 0 Å². The van der Waals surface area contributed by atoms with Crippen molar-refractivity contribution in [3.63, 3.8) is 0 Å². The number of hydrogen-bond donors (Lipinski definition) is 1. The van der Waals surface area contributed by atoms with Crippen molar-refractivity contribution < 1.29 is 9.53 Å². The highest BCUT2D eigenvalue weighted by atomic mass is 79.9. The van der Waals surface area contributed by atoms with Crippen LogP contribution in [0.2, 0.25) is 0 Å². The van der Waals surface area contributed by atoms with Gasteiger partial charge in [0, 0.05) is 6.92 Å². The number of nitrogens with one attached hydrogen (secondary N) is 1. The van der Waals surface area contributed by atoms with Crippen LogP contribution in [0.1, 0.15) is 18.1 Å². The van der Waals surface area contributed by atoms with Gasteiger partial charge in [0.25, 0.3) is 0 Å². The molecule has 0 atom stereocenters. The summed E-state index contributed by atoms with van der Waals surface area (Å²) >= 11 is 3.47. The fourth-order valence-corrected chi connectivity index (χ4v) is 2.16. The number of rotatable bonds is 5. The van der Waals surface area contributed by atoms with E-state index in [1.807, 2.05) is 48.5 Å². The van der Waals surface area contributed by atoms with Gasteiger partial charge in [-0.25, -0.2) is 5.43 Å². The Labute approximate surface area is 132 Å². The molecule has 2 aromatic carbocycles. The standard InChI is InChI=1S/C16H15BrN2O2/c1-12(20)19-18-10-14-7-8-16(15(17)9-14)21-11-13-5-3-2-4-6-13/h2-10H,11H2,1H3,(H,19,20). The maximum Gasteiger partial charge on any atom is 0.236 e. The SMILES string of the molecule is CC(=O)NN=Cc1ccc(OCc2ccccc2)c(Br)c1. The van der Waals surface area contributed by atoms with Crippen molar-refractivity contribution in [1.29, 1.82) is 0 Å². The lowest BCUT2D eigenvalue weighted by molar-refractivity contribution is -0.118. The van der Waals surface area contributed by atoms with Crippen LogP contribution in [0.15, 0.2) is 58.1 Å². The first kappa shape index (κ1) is 15.3. The Morgan fingerprint density at radius 2 is 2.05 bits per heavy atom. The van der Waals surface area contributed by atoms with Gasteiger partial charge in [0.05, 0.1) is 10.7 Å². The second-order valence-corrected chi connectivity index (χ2v) is 5.24. The van der Waals surface area contributed by atoms with Crippen molar-refractivity contribution in [1.82, 2.24) is 5.43 Å². The van der Waals surface area contributed by atoms with E-state index in [9.17, 15) is 4.79 Å². The molecule has 108 valence electrons. The van der Waals surface area contributed by atoms with Gasteiger partial charge < -0.3 is 4.74 Å². The Hall–Kier alpha value is -2.14. The highest BCUT2D eigenvalue weighted by Crippen LogP contribution is 2.26. The first-order chi connectivity index (χ1) is 10.1. The molecule has 4 nitrogen and oxygen atoms in total. The summed E-state index contributed by atoms with van der Waals surface area (Å²) in [4.78, 5) is 10.7. The minimum Gasteiger partial charge on any atom is -0.488 e. The zero-order valence-electron chi connectivity index (χ0n) is 11.5. The summed E-state index contributed by atoms with van der Waals surface area (Å²) in [6.07, 6.45) is 1.58. The summed E-state index contributed by atoms with van der Waals surface area (Å²) < 4.78 is 6.60. The molecule has 0 aliphatic carbocycles. The smallest absolute Gasteiger partial charge is 0.236 e. The Morgan fingerprint density at radius 3 is 2.71 bits per heavy atom. The van der Waals surface area contributed by atoms with Crippen molar-refractivity contribution in [3.8, 4) is 5.75 Å². The van der Waals surface area contributed by atoms with Crippen LogP contribution in [0.25, 0.3) is 0 Å². The van der Waals surface area contributed by atoms with Crippen LogP contribution in [0.4, 0.5) is 0 Å². The minimum absolute atomic E-state index is 0.201. The second-order valence-electron chi connectivity index (χ2n) is 4.39. The maximum atomic E-state index is 10.7. The topological polar surface area (TPSA) is 50.7 Å². The van der Waals surface area contributed by atoms with Crippen LogP contribution in [0, 0.1) is 0 Å². The molecule has 5 heteroatoms. The summed E-state index contributed by atoms with van der Waals surface area (Å²) in [5, 5.41) is 3.82. The zero-order valence-corrected chi connectivity index (χ0v) is 13.1. The van der Waals surface area contributed by atoms with Gasteiger partial charge >= 0.3 is 0 Å². The molecule has 21 heavy (non-hydrogen) atoms. The molecule has 0 aliphatic rings. The van der Waals surface area contributed by atoms with Gasteiger partial charge in [0.15, 0.2) is 0 Å². The molecule has 1 N–H and O–H groups in total. The number of benzene rings is 2. The first-order valence-corrected chi connectivity index (χ1v) is 7.20. The highest BCUT2D eigenvalue weighted by Gasteiger charge is 2.02. The number of hydrazone groups is 1. The number of nitrogens with zero attached hydrogens (tertiary/aromatic N) is 1. The number of hydrogen-bond acceptors (Lipinski definition) is 3. The molecule has 0 saturated carbocycles. The van der Waals surface area contributed by atoms with Gasteiger partial charge in [-0.2, -0.15) is 5.10 Å². The molecule has 0 unspecified atom stereocenters. The molecule has 1 amide bonds. The lowest BCUT2D eigenvalue weighted by atomic mass is 10.2. The lowest BCUT2D eigenvalue weighted by Crippen LogP contribution is -2.12. The van der Waals surface area contributed by atoms with E-state index in [4.69, 9.17) is 4.74 Å². The van der Waals surface area contributed by atoms with E-state index in [1.54, 1.807) is 6.21 Å². The molecule has 0 bridgehead atoms. The Balaban J connectivity index is 1.99. The average Bonchev–Trinajstić information content (AvgIpc) is 2.47. The molecule has 0 radical (unpaired) electrons. The van der Waals surface area contributed by atoms with Crippen LogP contribution in [0.5, 0.6) is 5.75 Å². The Bertz CT molecular complexity index is 642. The number of carbonyl (C=O) groups excluding carboxylic acids is 1. The van der Waals surface area contributed by atoms with Gasteiger partial charge in [-0.1, -0.05) is 30.3 Å². The number of amides is 1. The van der Waals surface area contributed by atoms with Gasteiger partial charge in [-0.3, -0.25) is 4.79 Å². The number of ether oxygens (including phenoxy) is 1. The van der Waals surface area contributed by atoms with Gasteiger partial charge in [0.2, 0.25) is 5.91 Å². The molecule has 0 saturated heterocycles. The van der Waals surface area contributed by atoms with E-state index < -0.39 is 0 Å². The van der Waals surface area contributed by atoms with E-state index in [2.05, 4.69) is 26.5 Å². The average molecular weight is 347 g/mol. The zero-order chi connectivity index (χ0) is 15.1. The van der Waals surface area contributed by atoms with Gasteiger partial charge in [-0.05, 0) is 45.3 Å². The maximum absolute atomic E-state index is 10.7. The minimum atomic E-state index is -0.201. The predicted octanol–water partition coefficient (Wildman–Crippen LogP) is 3.50. The first-order valence-electron chi connectivity index (χ1n) is 6.41. The van der Waals surface area contributed by atoms with Crippen LogP contribution >= 0.6 is 15.9 Å². The second kappa shape index (κ2) is 7.59. The molecular formula is C16H15BrN2O2. The van der Waals surface area contributed by atoms with Gasteiger partial charge in [0.1, 0.15) is 12.4 Å². The summed E-state index contributed by atoms with van der Waals surface area (Å²) in [7, 11) is 0. The van der Waals surface area contributed by atoms with Crippen molar-refractivity contribution in [2.45, 2.75) is 13.5 Å². The number of carbonyl (C=O) groups is 1. The van der Waals surface area contributed by atoms with Gasteiger partial charge in [-0.15, -0.1) is 0 Å². The quantitative estimate of drug-likeness (QED) is 0.665. The van der Waals surface area contributed by atoms with Crippen molar-refractivity contribution in [3.05, 3.63) is 64.1 Å². The van der Waals surface area contributed by atoms with Crippen LogP contribution < -0.4 is 10.2 Å². The molecule has 0 heterocycles. The molecule has 0 spiro atoms. The monoisotopic (exact) mass is 346 g/mol. The normalized spacial score (nSPS) is 10.6. The Morgan fingerprint density at radius 1 is 1.29 bits per heavy atom. The van der Waals surface area contributed by atoms with Crippen molar-refractivity contribution in [2.24, 2.45) is 5.10 Å². The van der Waals surface area contributed by atoms with Crippen LogP contribution in [-0.2, 0) is 11.4 Å². The predicted molar refractivity (Wildman–Crippen MR) is 86.3 cm³/mol. The molecular weight excluding hydrogens is 332 g/mol. The molecule has 2 aromatic rings. The fourth-order valence-electron chi connectivity index (χ4n) is 1.65. The van der Waals surface area contributed by atoms with E-state index in [0.29, 0.717) is 6.61 Å². The molecule has 0 fully saturated rings. The summed E-state index contributed by atoms with van der Waals surface area (Å²) in [6, 6.07) is 15.6. The summed E-state index contributed by atoms with van der Waals surface area (Å²) in [5.41, 5.74) is 4.33. The van der Waals surface area contributed by atoms with E-state index in [0.717, 1.165) is 21.3 Å². The summed E-state index contributed by atoms with van der Waals surface area (Å²) in [5.74, 6) is 0.559. The largest absolute Gasteiger partial charge is 0.488 e. The fraction of sp³-hybridized carbons (Fsp3) is 0.125. The summed E-state index contributed by atoms with van der Waals surface area (Å²) in [6.45, 7) is 1.92. The van der Waals surface area contributed by atoms with Crippen LogP contribution in [-0.4, -0.2) is 12.1 Å². The van der Waals surface area contributed by atoms with E-state index in [-0.39, 0.29) is 5.91 Å². The Kier molecular flexibility index (Phi) is 5.51. The van der Waals surface area contributed by atoms with Crippen LogP contribution in [0.3, 0.4) is 0 Å². The van der Waals surface area contributed by atoms with E-state index >= 15 is 0 Å². The lowest BCUT2D eigenvalue weighted by Gasteiger charge is -2.08. The van der Waals surface area contributed by atoms with E-state index in [1.165, 1.54) is 6.92 Å². The molecule has 0 aliphatic heterocycles. The number of halogens is 1.